The fourth-order valence-corrected chi connectivity index (χ4v) is 2.60. The van der Waals surface area contributed by atoms with E-state index in [9.17, 15) is 9.18 Å². The standard InChI is InChI=1S/C13H7Cl4FN2O/c14-8-4-6(19)3-7(11(8)17)13(21)20-12-9(15)1-5(18)2-10(12)16/h1-4H,19H2,(H,20,21). The second-order valence-electron chi connectivity index (χ2n) is 4.06. The van der Waals surface area contributed by atoms with Gasteiger partial charge in [0.15, 0.2) is 0 Å². The lowest BCUT2D eigenvalue weighted by molar-refractivity contribution is 0.102. The highest BCUT2D eigenvalue weighted by molar-refractivity contribution is 6.45. The molecule has 0 aliphatic heterocycles. The number of halogens is 5. The number of nitrogens with one attached hydrogen (secondary N) is 1. The van der Waals surface area contributed by atoms with Crippen LogP contribution in [0.1, 0.15) is 10.4 Å². The molecule has 0 saturated carbocycles. The first kappa shape index (κ1) is 16.2. The summed E-state index contributed by atoms with van der Waals surface area (Å²) in [6.07, 6.45) is 0. The van der Waals surface area contributed by atoms with Crippen molar-refractivity contribution in [2.24, 2.45) is 0 Å². The van der Waals surface area contributed by atoms with Crippen molar-refractivity contribution in [3.8, 4) is 0 Å². The first-order valence-corrected chi connectivity index (χ1v) is 7.01. The molecule has 2 aromatic carbocycles. The highest BCUT2D eigenvalue weighted by Crippen LogP contribution is 2.33. The van der Waals surface area contributed by atoms with E-state index in [1.54, 1.807) is 0 Å². The summed E-state index contributed by atoms with van der Waals surface area (Å²) in [6, 6.07) is 4.82. The van der Waals surface area contributed by atoms with Crippen LogP contribution in [0.2, 0.25) is 20.1 Å². The van der Waals surface area contributed by atoms with Gasteiger partial charge in [-0.2, -0.15) is 0 Å². The molecule has 3 N–H and O–H groups in total. The van der Waals surface area contributed by atoms with E-state index in [1.165, 1.54) is 12.1 Å². The minimum absolute atomic E-state index is 0.0396. The number of benzene rings is 2. The maximum absolute atomic E-state index is 13.1. The summed E-state index contributed by atoms with van der Waals surface area (Å²) in [6.45, 7) is 0. The van der Waals surface area contributed by atoms with Gasteiger partial charge in [-0.1, -0.05) is 46.4 Å². The number of anilines is 2. The van der Waals surface area contributed by atoms with Crippen LogP contribution in [0, 0.1) is 5.82 Å². The highest BCUT2D eigenvalue weighted by Gasteiger charge is 2.17. The first-order valence-electron chi connectivity index (χ1n) is 5.50. The molecule has 0 aliphatic carbocycles. The molecule has 0 aliphatic rings. The van der Waals surface area contributed by atoms with Gasteiger partial charge in [0.05, 0.1) is 31.3 Å². The molecule has 0 atom stereocenters. The Morgan fingerprint density at radius 3 is 2.14 bits per heavy atom. The predicted molar refractivity (Wildman–Crippen MR) is 85.2 cm³/mol. The van der Waals surface area contributed by atoms with Gasteiger partial charge < -0.3 is 11.1 Å². The van der Waals surface area contributed by atoms with E-state index in [0.29, 0.717) is 0 Å². The molecule has 2 rings (SSSR count). The zero-order valence-corrected chi connectivity index (χ0v) is 13.2. The number of carbonyl (C=O) groups excluding carboxylic acids is 1. The smallest absolute Gasteiger partial charge is 0.257 e. The molecule has 110 valence electrons. The third-order valence-electron chi connectivity index (χ3n) is 2.54. The summed E-state index contributed by atoms with van der Waals surface area (Å²) in [5.41, 5.74) is 6.01. The van der Waals surface area contributed by atoms with E-state index in [2.05, 4.69) is 5.32 Å². The van der Waals surface area contributed by atoms with Gasteiger partial charge in [-0.15, -0.1) is 0 Å². The third kappa shape index (κ3) is 3.52. The molecule has 0 heterocycles. The lowest BCUT2D eigenvalue weighted by Gasteiger charge is -2.11. The van der Waals surface area contributed by atoms with Crippen molar-refractivity contribution in [3.63, 3.8) is 0 Å². The van der Waals surface area contributed by atoms with Gasteiger partial charge >= 0.3 is 0 Å². The van der Waals surface area contributed by atoms with Crippen LogP contribution in [0.15, 0.2) is 24.3 Å². The van der Waals surface area contributed by atoms with E-state index in [4.69, 9.17) is 52.1 Å². The average molecular weight is 368 g/mol. The number of carbonyl (C=O) groups is 1. The lowest BCUT2D eigenvalue weighted by atomic mass is 10.1. The Morgan fingerprint density at radius 2 is 1.57 bits per heavy atom. The number of hydrogen-bond acceptors (Lipinski definition) is 2. The molecule has 0 radical (unpaired) electrons. The zero-order chi connectivity index (χ0) is 15.7. The molecular weight excluding hydrogens is 361 g/mol. The van der Waals surface area contributed by atoms with E-state index in [0.717, 1.165) is 12.1 Å². The van der Waals surface area contributed by atoms with Crippen molar-refractivity contribution in [1.82, 2.24) is 0 Å². The normalized spacial score (nSPS) is 10.5. The van der Waals surface area contributed by atoms with Crippen LogP contribution in [0.25, 0.3) is 0 Å². The van der Waals surface area contributed by atoms with Crippen LogP contribution in [0.5, 0.6) is 0 Å². The summed E-state index contributed by atoms with van der Waals surface area (Å²) in [4.78, 5) is 12.2. The van der Waals surface area contributed by atoms with Crippen LogP contribution >= 0.6 is 46.4 Å². The number of amides is 1. The molecule has 0 unspecified atom stereocenters. The Labute approximate surface area is 139 Å². The van der Waals surface area contributed by atoms with E-state index >= 15 is 0 Å². The molecule has 0 saturated heterocycles. The largest absolute Gasteiger partial charge is 0.399 e. The van der Waals surface area contributed by atoms with Gasteiger partial charge in [-0.3, -0.25) is 4.79 Å². The minimum atomic E-state index is -0.621. The second-order valence-corrected chi connectivity index (χ2v) is 5.66. The highest BCUT2D eigenvalue weighted by atomic mass is 35.5. The molecule has 3 nitrogen and oxygen atoms in total. The fraction of sp³-hybridized carbons (Fsp3) is 0. The molecule has 2 aromatic rings. The first-order chi connectivity index (χ1) is 9.79. The van der Waals surface area contributed by atoms with Crippen molar-refractivity contribution in [1.29, 1.82) is 0 Å². The number of hydrogen-bond donors (Lipinski definition) is 2. The Kier molecular flexibility index (Phi) is 4.84. The van der Waals surface area contributed by atoms with E-state index in [1.807, 2.05) is 0 Å². The quantitative estimate of drug-likeness (QED) is 0.710. The maximum atomic E-state index is 13.1. The van der Waals surface area contributed by atoms with Gasteiger partial charge in [0.25, 0.3) is 5.91 Å². The number of rotatable bonds is 2. The van der Waals surface area contributed by atoms with Crippen LogP contribution < -0.4 is 11.1 Å². The SMILES string of the molecule is Nc1cc(Cl)c(Cl)c(C(=O)Nc2c(Cl)cc(F)cc2Cl)c1. The summed E-state index contributed by atoms with van der Waals surface area (Å²) in [5.74, 6) is -1.24. The van der Waals surface area contributed by atoms with Crippen molar-refractivity contribution < 1.29 is 9.18 Å². The van der Waals surface area contributed by atoms with Crippen molar-refractivity contribution in [3.05, 3.63) is 55.7 Å². The van der Waals surface area contributed by atoms with Crippen molar-refractivity contribution in [2.45, 2.75) is 0 Å². The predicted octanol–water partition coefficient (Wildman–Crippen LogP) is 5.27. The van der Waals surface area contributed by atoms with Crippen LogP contribution in [0.4, 0.5) is 15.8 Å². The summed E-state index contributed by atoms with van der Waals surface area (Å²) in [7, 11) is 0. The van der Waals surface area contributed by atoms with Crippen LogP contribution in [-0.2, 0) is 0 Å². The monoisotopic (exact) mass is 366 g/mol. The van der Waals surface area contributed by atoms with Gasteiger partial charge in [0.2, 0.25) is 0 Å². The molecule has 21 heavy (non-hydrogen) atoms. The Hall–Kier alpha value is -1.20. The minimum Gasteiger partial charge on any atom is -0.399 e. The lowest BCUT2D eigenvalue weighted by Crippen LogP contribution is -2.14. The molecule has 0 aromatic heterocycles. The van der Waals surface area contributed by atoms with Gasteiger partial charge in [-0.25, -0.2) is 4.39 Å². The van der Waals surface area contributed by atoms with E-state index < -0.39 is 11.7 Å². The summed E-state index contributed by atoms with van der Waals surface area (Å²) in [5, 5.41) is 2.54. The van der Waals surface area contributed by atoms with Crippen LogP contribution in [0.3, 0.4) is 0 Å². The molecule has 8 heteroatoms. The Morgan fingerprint density at radius 1 is 1.00 bits per heavy atom. The summed E-state index contributed by atoms with van der Waals surface area (Å²) < 4.78 is 13.1. The second kappa shape index (κ2) is 6.28. The molecule has 0 fully saturated rings. The van der Waals surface area contributed by atoms with Crippen LogP contribution in [-0.4, -0.2) is 5.91 Å². The molecular formula is C13H7Cl4FN2O. The molecule has 0 bridgehead atoms. The average Bonchev–Trinajstić information content (AvgIpc) is 2.37. The van der Waals surface area contributed by atoms with E-state index in [-0.39, 0.29) is 37.0 Å². The Balaban J connectivity index is 2.40. The zero-order valence-electron chi connectivity index (χ0n) is 10.2. The number of nitrogens with two attached hydrogens (primary N) is 1. The van der Waals surface area contributed by atoms with Gasteiger partial charge in [0.1, 0.15) is 5.82 Å². The summed E-state index contributed by atoms with van der Waals surface area (Å²) >= 11 is 23.5. The third-order valence-corrected chi connectivity index (χ3v) is 3.94. The number of nitrogen functional groups attached to an aromatic ring is 1. The topological polar surface area (TPSA) is 55.1 Å². The fourth-order valence-electron chi connectivity index (χ4n) is 1.62. The van der Waals surface area contributed by atoms with Gasteiger partial charge in [0, 0.05) is 5.69 Å². The molecule has 1 amide bonds. The van der Waals surface area contributed by atoms with Crippen molar-refractivity contribution in [2.75, 3.05) is 11.1 Å². The van der Waals surface area contributed by atoms with Gasteiger partial charge in [-0.05, 0) is 24.3 Å². The van der Waals surface area contributed by atoms with Crippen molar-refractivity contribution >= 4 is 63.7 Å². The molecule has 0 spiro atoms. The Bertz CT molecular complexity index is 713. The maximum Gasteiger partial charge on any atom is 0.257 e.